The van der Waals surface area contributed by atoms with Crippen LogP contribution in [0.1, 0.15) is 29.4 Å². The number of rotatable bonds is 9. The summed E-state index contributed by atoms with van der Waals surface area (Å²) < 4.78 is 12.9. The SMILES string of the molecule is CN=C(NCCCn1nc(C)cc1C)NCC(c1ccc(OC)cc1)N1CCOCC1.I. The van der Waals surface area contributed by atoms with E-state index in [1.807, 2.05) is 26.1 Å². The molecule has 0 spiro atoms. The summed E-state index contributed by atoms with van der Waals surface area (Å²) in [5.74, 6) is 1.69. The van der Waals surface area contributed by atoms with Crippen LogP contribution in [-0.2, 0) is 11.3 Å². The summed E-state index contributed by atoms with van der Waals surface area (Å²) in [4.78, 5) is 6.87. The molecule has 8 nitrogen and oxygen atoms in total. The van der Waals surface area contributed by atoms with Crippen molar-refractivity contribution in [2.75, 3.05) is 53.6 Å². The number of aromatic nitrogens is 2. The highest BCUT2D eigenvalue weighted by Gasteiger charge is 2.23. The Morgan fingerprint density at radius 2 is 1.91 bits per heavy atom. The lowest BCUT2D eigenvalue weighted by molar-refractivity contribution is 0.0170. The number of benzene rings is 1. The number of methoxy groups -OCH3 is 1. The van der Waals surface area contributed by atoms with Crippen molar-refractivity contribution in [3.63, 3.8) is 0 Å². The molecule has 1 saturated heterocycles. The number of ether oxygens (including phenoxy) is 2. The Morgan fingerprint density at radius 1 is 1.19 bits per heavy atom. The van der Waals surface area contributed by atoms with Gasteiger partial charge in [0.05, 0.1) is 32.1 Å². The standard InChI is InChI=1S/C23H36N6O2.HI/c1-18-16-19(2)29(27-18)11-5-10-25-23(24-3)26-17-22(28-12-14-31-15-13-28)20-6-8-21(30-4)9-7-20;/h6-9,16,22H,5,10-15,17H2,1-4H3,(H2,24,25,26);1H. The van der Waals surface area contributed by atoms with Gasteiger partial charge in [0.25, 0.3) is 0 Å². The first kappa shape index (κ1) is 26.4. The molecule has 1 aromatic carbocycles. The molecule has 0 amide bonds. The van der Waals surface area contributed by atoms with Gasteiger partial charge in [0.2, 0.25) is 0 Å². The van der Waals surface area contributed by atoms with Gasteiger partial charge >= 0.3 is 0 Å². The summed E-state index contributed by atoms with van der Waals surface area (Å²) in [6.45, 7) is 10.0. The maximum Gasteiger partial charge on any atom is 0.191 e. The van der Waals surface area contributed by atoms with E-state index >= 15 is 0 Å². The van der Waals surface area contributed by atoms with Gasteiger partial charge in [-0.15, -0.1) is 24.0 Å². The Labute approximate surface area is 208 Å². The zero-order valence-electron chi connectivity index (χ0n) is 19.6. The molecule has 1 aliphatic rings. The van der Waals surface area contributed by atoms with Gasteiger partial charge < -0.3 is 20.1 Å². The number of hydrogen-bond donors (Lipinski definition) is 2. The van der Waals surface area contributed by atoms with E-state index in [4.69, 9.17) is 9.47 Å². The van der Waals surface area contributed by atoms with Crippen LogP contribution in [-0.4, -0.2) is 74.2 Å². The highest BCUT2D eigenvalue weighted by molar-refractivity contribution is 14.0. The number of nitrogens with one attached hydrogen (secondary N) is 2. The molecule has 3 rings (SSSR count). The van der Waals surface area contributed by atoms with Crippen molar-refractivity contribution in [3.05, 3.63) is 47.3 Å². The van der Waals surface area contributed by atoms with Crippen LogP contribution in [0.4, 0.5) is 0 Å². The van der Waals surface area contributed by atoms with E-state index in [1.165, 1.54) is 11.3 Å². The normalized spacial score (nSPS) is 15.7. The van der Waals surface area contributed by atoms with Crippen molar-refractivity contribution in [1.29, 1.82) is 0 Å². The minimum atomic E-state index is 0. The maximum absolute atomic E-state index is 5.56. The van der Waals surface area contributed by atoms with Crippen LogP contribution in [0.2, 0.25) is 0 Å². The summed E-state index contributed by atoms with van der Waals surface area (Å²) in [6, 6.07) is 10.7. The third-order valence-electron chi connectivity index (χ3n) is 5.62. The van der Waals surface area contributed by atoms with Gasteiger partial charge in [-0.3, -0.25) is 14.6 Å². The number of halogens is 1. The Kier molecular flexibility index (Phi) is 11.3. The lowest BCUT2D eigenvalue weighted by atomic mass is 10.0. The second-order valence-electron chi connectivity index (χ2n) is 7.82. The number of aliphatic imine (C=N–C) groups is 1. The molecule has 0 bridgehead atoms. The van der Waals surface area contributed by atoms with Gasteiger partial charge in [-0.25, -0.2) is 0 Å². The molecule has 178 valence electrons. The Balaban J connectivity index is 0.00000363. The summed E-state index contributed by atoms with van der Waals surface area (Å²) in [5.41, 5.74) is 3.53. The molecule has 2 N–H and O–H groups in total. The summed E-state index contributed by atoms with van der Waals surface area (Å²) in [7, 11) is 3.51. The van der Waals surface area contributed by atoms with Crippen LogP contribution in [0.15, 0.2) is 35.3 Å². The van der Waals surface area contributed by atoms with Gasteiger partial charge in [0.1, 0.15) is 5.75 Å². The van der Waals surface area contributed by atoms with Crippen molar-refractivity contribution in [1.82, 2.24) is 25.3 Å². The first-order valence-corrected chi connectivity index (χ1v) is 11.0. The smallest absolute Gasteiger partial charge is 0.191 e. The van der Waals surface area contributed by atoms with Crippen molar-refractivity contribution >= 4 is 29.9 Å². The first-order chi connectivity index (χ1) is 15.1. The van der Waals surface area contributed by atoms with Crippen LogP contribution in [0.25, 0.3) is 0 Å². The third-order valence-corrected chi connectivity index (χ3v) is 5.62. The van der Waals surface area contributed by atoms with Crippen molar-refractivity contribution < 1.29 is 9.47 Å². The molecule has 1 fully saturated rings. The zero-order chi connectivity index (χ0) is 22.1. The van der Waals surface area contributed by atoms with Crippen molar-refractivity contribution in [2.24, 2.45) is 4.99 Å². The topological polar surface area (TPSA) is 75.9 Å². The largest absolute Gasteiger partial charge is 0.497 e. The van der Waals surface area contributed by atoms with E-state index in [0.717, 1.165) is 69.8 Å². The number of hydrogen-bond acceptors (Lipinski definition) is 5. The minimum absolute atomic E-state index is 0. The number of guanidine groups is 1. The molecule has 1 aliphatic heterocycles. The van der Waals surface area contributed by atoms with Crippen LogP contribution < -0.4 is 15.4 Å². The zero-order valence-corrected chi connectivity index (χ0v) is 22.0. The minimum Gasteiger partial charge on any atom is -0.497 e. The van der Waals surface area contributed by atoms with Crippen molar-refractivity contribution in [2.45, 2.75) is 32.9 Å². The molecule has 0 saturated carbocycles. The number of aryl methyl sites for hydroxylation is 3. The van der Waals surface area contributed by atoms with Gasteiger partial charge in [-0.1, -0.05) is 12.1 Å². The molecule has 1 atom stereocenters. The molecule has 2 aromatic rings. The van der Waals surface area contributed by atoms with E-state index in [2.05, 4.69) is 55.4 Å². The fraction of sp³-hybridized carbons (Fsp3) is 0.565. The molecular formula is C23H37IN6O2. The average molecular weight is 556 g/mol. The van der Waals surface area contributed by atoms with E-state index in [-0.39, 0.29) is 30.0 Å². The molecule has 1 aromatic heterocycles. The van der Waals surface area contributed by atoms with Gasteiger partial charge in [-0.05, 0) is 44.0 Å². The van der Waals surface area contributed by atoms with Crippen molar-refractivity contribution in [3.8, 4) is 5.75 Å². The third kappa shape index (κ3) is 7.63. The average Bonchev–Trinajstić information content (AvgIpc) is 3.13. The fourth-order valence-corrected chi connectivity index (χ4v) is 3.92. The van der Waals surface area contributed by atoms with Gasteiger partial charge in [-0.2, -0.15) is 5.10 Å². The van der Waals surface area contributed by atoms with Crippen LogP contribution >= 0.6 is 24.0 Å². The second-order valence-corrected chi connectivity index (χ2v) is 7.82. The Morgan fingerprint density at radius 3 is 2.50 bits per heavy atom. The Hall–Kier alpha value is -1.85. The van der Waals surface area contributed by atoms with Crippen LogP contribution in [0.3, 0.4) is 0 Å². The van der Waals surface area contributed by atoms with E-state index in [1.54, 1.807) is 7.11 Å². The van der Waals surface area contributed by atoms with E-state index < -0.39 is 0 Å². The maximum atomic E-state index is 5.56. The van der Waals surface area contributed by atoms with Gasteiger partial charge in [0.15, 0.2) is 5.96 Å². The summed E-state index contributed by atoms with van der Waals surface area (Å²) in [5, 5.41) is 11.5. The molecule has 1 unspecified atom stereocenters. The lowest BCUT2D eigenvalue weighted by Crippen LogP contribution is -2.46. The second kappa shape index (κ2) is 13.6. The predicted octanol–water partition coefficient (Wildman–Crippen LogP) is 2.76. The highest BCUT2D eigenvalue weighted by Crippen LogP contribution is 2.23. The fourth-order valence-electron chi connectivity index (χ4n) is 3.92. The number of nitrogens with zero attached hydrogens (tertiary/aromatic N) is 4. The molecule has 32 heavy (non-hydrogen) atoms. The molecular weight excluding hydrogens is 519 g/mol. The molecule has 0 radical (unpaired) electrons. The molecule has 2 heterocycles. The van der Waals surface area contributed by atoms with Gasteiger partial charge in [0, 0.05) is 45.5 Å². The quantitative estimate of drug-likeness (QED) is 0.214. The molecule has 9 heteroatoms. The summed E-state index contributed by atoms with van der Waals surface area (Å²) >= 11 is 0. The molecule has 0 aliphatic carbocycles. The Bertz CT molecular complexity index is 834. The van der Waals surface area contributed by atoms with Crippen LogP contribution in [0, 0.1) is 13.8 Å². The highest BCUT2D eigenvalue weighted by atomic mass is 127. The summed E-state index contributed by atoms with van der Waals surface area (Å²) in [6.07, 6.45) is 0.980. The number of morpholine rings is 1. The van der Waals surface area contributed by atoms with E-state index in [0.29, 0.717) is 0 Å². The lowest BCUT2D eigenvalue weighted by Gasteiger charge is -2.35. The van der Waals surface area contributed by atoms with Crippen LogP contribution in [0.5, 0.6) is 5.75 Å². The van der Waals surface area contributed by atoms with E-state index in [9.17, 15) is 0 Å². The first-order valence-electron chi connectivity index (χ1n) is 11.0. The monoisotopic (exact) mass is 556 g/mol. The predicted molar refractivity (Wildman–Crippen MR) is 139 cm³/mol.